The second-order valence-electron chi connectivity index (χ2n) is 7.38. The van der Waals surface area contributed by atoms with Crippen molar-refractivity contribution in [2.24, 2.45) is 11.8 Å². The molecule has 0 N–H and O–H groups in total. The lowest BCUT2D eigenvalue weighted by Crippen LogP contribution is -2.27. The molecule has 1 fully saturated rings. The van der Waals surface area contributed by atoms with Gasteiger partial charge in [0.25, 0.3) is 0 Å². The van der Waals surface area contributed by atoms with Crippen molar-refractivity contribution in [2.75, 3.05) is 12.3 Å². The number of carbonyl (C=O) groups is 1. The van der Waals surface area contributed by atoms with Gasteiger partial charge in [0.15, 0.2) is 0 Å². The van der Waals surface area contributed by atoms with E-state index in [-0.39, 0.29) is 5.92 Å². The zero-order chi connectivity index (χ0) is 19.2. The first-order valence-corrected chi connectivity index (χ1v) is 10.8. The van der Waals surface area contributed by atoms with Crippen molar-refractivity contribution >= 4 is 17.7 Å². The molecule has 3 heteroatoms. The summed E-state index contributed by atoms with van der Waals surface area (Å²) in [6.07, 6.45) is 0.956. The van der Waals surface area contributed by atoms with Gasteiger partial charge in [-0.15, -0.1) is 11.8 Å². The minimum atomic E-state index is 0.0640. The van der Waals surface area contributed by atoms with E-state index in [9.17, 15) is 4.79 Å². The van der Waals surface area contributed by atoms with Crippen molar-refractivity contribution in [3.63, 3.8) is 0 Å². The molecule has 0 bridgehead atoms. The van der Waals surface area contributed by atoms with Crippen LogP contribution in [0, 0.1) is 11.8 Å². The number of amides is 1. The number of carbonyl (C=O) groups excluding carboxylic acids is 1. The van der Waals surface area contributed by atoms with Crippen LogP contribution in [-0.4, -0.2) is 23.1 Å². The molecule has 1 saturated heterocycles. The molecule has 3 aromatic carbocycles. The van der Waals surface area contributed by atoms with Crippen LogP contribution in [0.25, 0.3) is 0 Å². The SMILES string of the molecule is O=C1[C@@H](CSc2ccccc2)[C@H](Cc2ccccc2)CN1Cc1ccccc1. The lowest BCUT2D eigenvalue weighted by molar-refractivity contribution is -0.131. The first-order chi connectivity index (χ1) is 13.8. The fourth-order valence-corrected chi connectivity index (χ4v) is 5.05. The average molecular weight is 388 g/mol. The van der Waals surface area contributed by atoms with Gasteiger partial charge in [-0.2, -0.15) is 0 Å². The summed E-state index contributed by atoms with van der Waals surface area (Å²) in [5, 5.41) is 0. The molecule has 0 aromatic heterocycles. The van der Waals surface area contributed by atoms with Crippen LogP contribution in [0.3, 0.4) is 0 Å². The summed E-state index contributed by atoms with van der Waals surface area (Å²) in [4.78, 5) is 16.5. The molecule has 1 aliphatic rings. The molecule has 142 valence electrons. The molecule has 0 radical (unpaired) electrons. The molecular weight excluding hydrogens is 362 g/mol. The largest absolute Gasteiger partial charge is 0.338 e. The first-order valence-electron chi connectivity index (χ1n) is 9.84. The maximum Gasteiger partial charge on any atom is 0.227 e. The molecule has 0 unspecified atom stereocenters. The van der Waals surface area contributed by atoms with Crippen molar-refractivity contribution in [3.8, 4) is 0 Å². The molecule has 2 atom stereocenters. The van der Waals surface area contributed by atoms with Crippen molar-refractivity contribution in [1.29, 1.82) is 0 Å². The fourth-order valence-electron chi connectivity index (χ4n) is 3.92. The van der Waals surface area contributed by atoms with E-state index in [1.165, 1.54) is 16.0 Å². The van der Waals surface area contributed by atoms with E-state index in [1.54, 1.807) is 11.8 Å². The van der Waals surface area contributed by atoms with Gasteiger partial charge in [-0.1, -0.05) is 78.9 Å². The molecule has 1 aliphatic heterocycles. The van der Waals surface area contributed by atoms with Crippen molar-refractivity contribution in [3.05, 3.63) is 102 Å². The average Bonchev–Trinajstić information content (AvgIpc) is 3.03. The Labute approximate surface area is 171 Å². The van der Waals surface area contributed by atoms with Gasteiger partial charge in [0.05, 0.1) is 5.92 Å². The van der Waals surface area contributed by atoms with Crippen LogP contribution in [0.2, 0.25) is 0 Å². The summed E-state index contributed by atoms with van der Waals surface area (Å²) in [7, 11) is 0. The molecule has 1 heterocycles. The van der Waals surface area contributed by atoms with Crippen molar-refractivity contribution in [2.45, 2.75) is 17.9 Å². The molecule has 2 nitrogen and oxygen atoms in total. The van der Waals surface area contributed by atoms with Gasteiger partial charge in [0.1, 0.15) is 0 Å². The molecule has 0 spiro atoms. The Balaban J connectivity index is 1.49. The highest BCUT2D eigenvalue weighted by Crippen LogP contribution is 2.33. The Bertz CT molecular complexity index is 882. The van der Waals surface area contributed by atoms with Gasteiger partial charge in [-0.05, 0) is 35.6 Å². The molecule has 3 aromatic rings. The summed E-state index contributed by atoms with van der Waals surface area (Å²) < 4.78 is 0. The topological polar surface area (TPSA) is 20.3 Å². The van der Waals surface area contributed by atoms with E-state index in [0.717, 1.165) is 18.7 Å². The van der Waals surface area contributed by atoms with Crippen LogP contribution in [0.5, 0.6) is 0 Å². The number of rotatable bonds is 7. The van der Waals surface area contributed by atoms with Crippen LogP contribution < -0.4 is 0 Å². The van der Waals surface area contributed by atoms with Crippen LogP contribution in [0.4, 0.5) is 0 Å². The van der Waals surface area contributed by atoms with Crippen LogP contribution in [-0.2, 0) is 17.8 Å². The minimum absolute atomic E-state index is 0.0640. The van der Waals surface area contributed by atoms with Gasteiger partial charge in [0.2, 0.25) is 5.91 Å². The number of hydrogen-bond acceptors (Lipinski definition) is 2. The van der Waals surface area contributed by atoms with Crippen molar-refractivity contribution in [1.82, 2.24) is 4.90 Å². The Morgan fingerprint density at radius 2 is 1.36 bits per heavy atom. The highest BCUT2D eigenvalue weighted by molar-refractivity contribution is 7.99. The van der Waals surface area contributed by atoms with E-state index < -0.39 is 0 Å². The molecule has 4 rings (SSSR count). The second kappa shape index (κ2) is 9.11. The van der Waals surface area contributed by atoms with Gasteiger partial charge in [-0.25, -0.2) is 0 Å². The molecule has 0 aliphatic carbocycles. The van der Waals surface area contributed by atoms with E-state index in [4.69, 9.17) is 0 Å². The predicted molar refractivity (Wildman–Crippen MR) is 116 cm³/mol. The standard InChI is InChI=1S/C25H25NOS/c27-25-24(19-28-23-14-8-3-9-15-23)22(16-20-10-4-1-5-11-20)18-26(25)17-21-12-6-2-7-13-21/h1-15,22,24H,16-19H2/t22-,24+/m1/s1. The second-order valence-corrected chi connectivity index (χ2v) is 8.48. The normalized spacial score (nSPS) is 19.1. The lowest BCUT2D eigenvalue weighted by Gasteiger charge is -2.16. The number of thioether (sulfide) groups is 1. The zero-order valence-electron chi connectivity index (χ0n) is 15.9. The van der Waals surface area contributed by atoms with E-state index in [1.807, 2.05) is 30.3 Å². The molecule has 1 amide bonds. The molecule has 28 heavy (non-hydrogen) atoms. The van der Waals surface area contributed by atoms with E-state index in [2.05, 4.69) is 65.6 Å². The number of benzene rings is 3. The Hall–Kier alpha value is -2.52. The third-order valence-corrected chi connectivity index (χ3v) is 6.51. The van der Waals surface area contributed by atoms with Crippen molar-refractivity contribution < 1.29 is 4.79 Å². The summed E-state index contributed by atoms with van der Waals surface area (Å²) in [6, 6.07) is 31.3. The van der Waals surface area contributed by atoms with Gasteiger partial charge >= 0.3 is 0 Å². The third-order valence-electron chi connectivity index (χ3n) is 5.38. The van der Waals surface area contributed by atoms with Crippen LogP contribution in [0.15, 0.2) is 95.9 Å². The Morgan fingerprint density at radius 3 is 2.00 bits per heavy atom. The maximum atomic E-state index is 13.2. The Kier molecular flexibility index (Phi) is 6.13. The number of nitrogens with zero attached hydrogens (tertiary/aromatic N) is 1. The zero-order valence-corrected chi connectivity index (χ0v) is 16.7. The van der Waals surface area contributed by atoms with E-state index >= 15 is 0 Å². The lowest BCUT2D eigenvalue weighted by atomic mass is 9.90. The summed E-state index contributed by atoms with van der Waals surface area (Å²) >= 11 is 1.80. The first kappa shape index (κ1) is 18.8. The van der Waals surface area contributed by atoms with Crippen LogP contribution in [0.1, 0.15) is 11.1 Å². The number of likely N-dealkylation sites (tertiary alicyclic amines) is 1. The predicted octanol–water partition coefficient (Wildman–Crippen LogP) is 5.30. The maximum absolute atomic E-state index is 13.2. The van der Waals surface area contributed by atoms with E-state index in [0.29, 0.717) is 18.4 Å². The highest BCUT2D eigenvalue weighted by atomic mass is 32.2. The summed E-state index contributed by atoms with van der Waals surface area (Å²) in [6.45, 7) is 1.54. The van der Waals surface area contributed by atoms with Gasteiger partial charge in [0, 0.05) is 23.7 Å². The monoisotopic (exact) mass is 387 g/mol. The quantitative estimate of drug-likeness (QED) is 0.513. The van der Waals surface area contributed by atoms with Gasteiger partial charge < -0.3 is 4.90 Å². The minimum Gasteiger partial charge on any atom is -0.338 e. The van der Waals surface area contributed by atoms with Gasteiger partial charge in [-0.3, -0.25) is 4.79 Å². The smallest absolute Gasteiger partial charge is 0.227 e. The number of hydrogen-bond donors (Lipinski definition) is 0. The molecular formula is C25H25NOS. The molecule has 0 saturated carbocycles. The van der Waals surface area contributed by atoms with Crippen LogP contribution >= 0.6 is 11.8 Å². The summed E-state index contributed by atoms with van der Waals surface area (Å²) in [5.41, 5.74) is 2.52. The third kappa shape index (κ3) is 4.66. The highest BCUT2D eigenvalue weighted by Gasteiger charge is 2.39. The fraction of sp³-hybridized carbons (Fsp3) is 0.240. The Morgan fingerprint density at radius 1 is 0.786 bits per heavy atom. The summed E-state index contributed by atoms with van der Waals surface area (Å²) in [5.74, 6) is 1.56.